The Bertz CT molecular complexity index is 1860. The van der Waals surface area contributed by atoms with Crippen molar-refractivity contribution in [3.8, 4) is 33.4 Å². The number of hydrogen-bond acceptors (Lipinski definition) is 0. The smallest absolute Gasteiger partial charge is 0.0622 e. The fourth-order valence-corrected chi connectivity index (χ4v) is 7.65. The van der Waals surface area contributed by atoms with Crippen LogP contribution in [0.4, 0.5) is 0 Å². The Morgan fingerprint density at radius 2 is 0.721 bits per heavy atom. The van der Waals surface area contributed by atoms with Gasteiger partial charge in [0.1, 0.15) is 0 Å². The second-order valence-electron chi connectivity index (χ2n) is 12.5. The Labute approximate surface area is 256 Å². The molecule has 0 aliphatic heterocycles. The molecule has 0 saturated carbocycles. The van der Waals surface area contributed by atoms with Crippen LogP contribution >= 0.6 is 0 Å². The van der Waals surface area contributed by atoms with Crippen molar-refractivity contribution in [1.82, 2.24) is 0 Å². The molecular weight excluding hydrogens is 516 g/mol. The molecule has 0 aromatic heterocycles. The summed E-state index contributed by atoms with van der Waals surface area (Å²) in [6, 6.07) is 45.7. The first kappa shape index (κ1) is 27.2. The second-order valence-corrected chi connectivity index (χ2v) is 12.5. The molecule has 0 heteroatoms. The normalized spacial score (nSPS) is 13.1. The molecule has 0 bridgehead atoms. The lowest BCUT2D eigenvalue weighted by Crippen LogP contribution is -2.31. The fourth-order valence-electron chi connectivity index (χ4n) is 7.65. The van der Waals surface area contributed by atoms with Crippen LogP contribution in [0.25, 0.3) is 33.4 Å². The minimum atomic E-state index is -0.467. The van der Waals surface area contributed by atoms with Crippen molar-refractivity contribution < 1.29 is 0 Å². The molecule has 210 valence electrons. The summed E-state index contributed by atoms with van der Waals surface area (Å²) in [6.45, 7) is 13.6. The molecule has 0 radical (unpaired) electrons. The van der Waals surface area contributed by atoms with Gasteiger partial charge in [-0.1, -0.05) is 120 Å². The predicted octanol–water partition coefficient (Wildman–Crippen LogP) is 11.2. The van der Waals surface area contributed by atoms with Crippen LogP contribution in [-0.4, -0.2) is 0 Å². The average Bonchev–Trinajstić information content (AvgIpc) is 3.27. The first-order chi connectivity index (χ1) is 20.8. The molecule has 1 aliphatic rings. The highest BCUT2D eigenvalue weighted by Gasteiger charge is 2.48. The van der Waals surface area contributed by atoms with Gasteiger partial charge in [-0.25, -0.2) is 0 Å². The summed E-state index contributed by atoms with van der Waals surface area (Å²) in [5, 5.41) is 0. The average molecular weight is 555 g/mol. The van der Waals surface area contributed by atoms with Gasteiger partial charge in [0.2, 0.25) is 0 Å². The minimum Gasteiger partial charge on any atom is -0.0622 e. The maximum absolute atomic E-state index is 2.50. The van der Waals surface area contributed by atoms with Crippen molar-refractivity contribution >= 4 is 0 Å². The van der Waals surface area contributed by atoms with E-state index >= 15 is 0 Å². The zero-order chi connectivity index (χ0) is 29.9. The SMILES string of the molecule is Cc1ccc2c(c1)C(c1cc(-c3ccccc3)c(C)cc1C)(c1cc(-c3ccccc3)c(C)cc1C)c1cc(C)ccc1-2. The molecule has 0 unspecified atom stereocenters. The van der Waals surface area contributed by atoms with E-state index in [9.17, 15) is 0 Å². The molecule has 0 amide bonds. The van der Waals surface area contributed by atoms with E-state index in [0.717, 1.165) is 0 Å². The standard InChI is InChI=1S/C43H38/c1-27-17-19-35-36-20-18-28(2)22-42(36)43(41(35)21-27,39-25-37(29(3)23-31(39)5)33-13-9-7-10-14-33)40-26-38(30(4)24-32(40)6)34-15-11-8-12-16-34/h7-26H,1-6H3. The first-order valence-corrected chi connectivity index (χ1v) is 15.4. The number of rotatable bonds is 4. The van der Waals surface area contributed by atoms with Gasteiger partial charge in [0, 0.05) is 0 Å². The van der Waals surface area contributed by atoms with E-state index in [4.69, 9.17) is 0 Å². The van der Waals surface area contributed by atoms with Gasteiger partial charge < -0.3 is 0 Å². The van der Waals surface area contributed by atoms with Crippen molar-refractivity contribution in [2.45, 2.75) is 47.0 Å². The zero-order valence-electron chi connectivity index (χ0n) is 26.0. The lowest BCUT2D eigenvalue weighted by molar-refractivity contribution is 0.752. The molecular formula is C43H38. The molecule has 0 nitrogen and oxygen atoms in total. The van der Waals surface area contributed by atoms with Gasteiger partial charge in [0.05, 0.1) is 5.41 Å². The highest BCUT2D eigenvalue weighted by atomic mass is 14.5. The molecule has 1 aliphatic carbocycles. The van der Waals surface area contributed by atoms with Crippen LogP contribution in [0, 0.1) is 41.5 Å². The van der Waals surface area contributed by atoms with E-state index in [2.05, 4.69) is 163 Å². The van der Waals surface area contributed by atoms with Gasteiger partial charge in [-0.05, 0) is 132 Å². The Kier molecular flexibility index (Phi) is 6.47. The zero-order valence-corrected chi connectivity index (χ0v) is 26.0. The van der Waals surface area contributed by atoms with Crippen LogP contribution in [0.15, 0.2) is 121 Å². The Morgan fingerprint density at radius 3 is 1.12 bits per heavy atom. The Hall–Kier alpha value is -4.68. The third-order valence-electron chi connectivity index (χ3n) is 9.57. The number of hydrogen-bond donors (Lipinski definition) is 0. The second kappa shape index (κ2) is 10.2. The molecule has 0 N–H and O–H groups in total. The number of benzene rings is 6. The number of fused-ring (bicyclic) bond motifs is 3. The summed E-state index contributed by atoms with van der Waals surface area (Å²) in [7, 11) is 0. The Balaban J connectivity index is 1.68. The molecule has 0 heterocycles. The third kappa shape index (κ3) is 4.20. The van der Waals surface area contributed by atoms with E-state index in [1.165, 1.54) is 89.0 Å². The van der Waals surface area contributed by atoms with E-state index in [1.54, 1.807) is 0 Å². The van der Waals surface area contributed by atoms with Gasteiger partial charge in [-0.3, -0.25) is 0 Å². The predicted molar refractivity (Wildman–Crippen MR) is 183 cm³/mol. The summed E-state index contributed by atoms with van der Waals surface area (Å²) in [4.78, 5) is 0. The quantitative estimate of drug-likeness (QED) is 0.203. The lowest BCUT2D eigenvalue weighted by atomic mass is 9.64. The van der Waals surface area contributed by atoms with Crippen molar-refractivity contribution in [3.05, 3.63) is 177 Å². The van der Waals surface area contributed by atoms with Crippen LogP contribution in [0.5, 0.6) is 0 Å². The molecule has 0 spiro atoms. The fraction of sp³-hybridized carbons (Fsp3) is 0.163. The lowest BCUT2D eigenvalue weighted by Gasteiger charge is -2.38. The molecule has 7 rings (SSSR count). The van der Waals surface area contributed by atoms with Crippen LogP contribution < -0.4 is 0 Å². The third-order valence-corrected chi connectivity index (χ3v) is 9.57. The molecule has 0 atom stereocenters. The van der Waals surface area contributed by atoms with Crippen molar-refractivity contribution in [2.75, 3.05) is 0 Å². The topological polar surface area (TPSA) is 0 Å². The maximum Gasteiger partial charge on any atom is 0.0719 e. The van der Waals surface area contributed by atoms with Gasteiger partial charge in [-0.15, -0.1) is 0 Å². The van der Waals surface area contributed by atoms with E-state index in [-0.39, 0.29) is 0 Å². The molecule has 6 aromatic carbocycles. The summed E-state index contributed by atoms with van der Waals surface area (Å²) >= 11 is 0. The molecule has 0 saturated heterocycles. The minimum absolute atomic E-state index is 0.467. The highest BCUT2D eigenvalue weighted by Crippen LogP contribution is 2.58. The first-order valence-electron chi connectivity index (χ1n) is 15.4. The molecule has 6 aromatic rings. The highest BCUT2D eigenvalue weighted by molar-refractivity contribution is 5.89. The summed E-state index contributed by atoms with van der Waals surface area (Å²) in [5.41, 5.74) is 20.6. The van der Waals surface area contributed by atoms with Crippen LogP contribution in [0.2, 0.25) is 0 Å². The van der Waals surface area contributed by atoms with Crippen molar-refractivity contribution in [1.29, 1.82) is 0 Å². The van der Waals surface area contributed by atoms with E-state index in [1.807, 2.05) is 0 Å². The van der Waals surface area contributed by atoms with Crippen LogP contribution in [-0.2, 0) is 5.41 Å². The van der Waals surface area contributed by atoms with Gasteiger partial charge >= 0.3 is 0 Å². The van der Waals surface area contributed by atoms with Gasteiger partial charge in [0.25, 0.3) is 0 Å². The van der Waals surface area contributed by atoms with Gasteiger partial charge in [0.15, 0.2) is 0 Å². The van der Waals surface area contributed by atoms with Gasteiger partial charge in [-0.2, -0.15) is 0 Å². The largest absolute Gasteiger partial charge is 0.0719 e. The van der Waals surface area contributed by atoms with Crippen LogP contribution in [0.3, 0.4) is 0 Å². The Morgan fingerprint density at radius 1 is 0.326 bits per heavy atom. The molecule has 0 fully saturated rings. The van der Waals surface area contributed by atoms with Crippen molar-refractivity contribution in [2.24, 2.45) is 0 Å². The summed E-state index contributed by atoms with van der Waals surface area (Å²) < 4.78 is 0. The maximum atomic E-state index is 2.50. The summed E-state index contributed by atoms with van der Waals surface area (Å²) in [6.07, 6.45) is 0. The summed E-state index contributed by atoms with van der Waals surface area (Å²) in [5.74, 6) is 0. The molecule has 43 heavy (non-hydrogen) atoms. The van der Waals surface area contributed by atoms with Crippen LogP contribution in [0.1, 0.15) is 55.6 Å². The van der Waals surface area contributed by atoms with E-state index in [0.29, 0.717) is 0 Å². The number of aryl methyl sites for hydroxylation is 6. The monoisotopic (exact) mass is 554 g/mol. The van der Waals surface area contributed by atoms with E-state index < -0.39 is 5.41 Å². The van der Waals surface area contributed by atoms with Crippen molar-refractivity contribution in [3.63, 3.8) is 0 Å².